The van der Waals surface area contributed by atoms with Gasteiger partial charge in [0.05, 0.1) is 44.3 Å². The summed E-state index contributed by atoms with van der Waals surface area (Å²) in [5.41, 5.74) is 1.27. The van der Waals surface area contributed by atoms with Gasteiger partial charge in [0.25, 0.3) is 6.43 Å². The third-order valence-corrected chi connectivity index (χ3v) is 6.19. The molecule has 3 aromatic heterocycles. The molecule has 4 heterocycles. The molecule has 0 saturated carbocycles. The monoisotopic (exact) mass is 555 g/mol. The molecule has 40 heavy (non-hydrogen) atoms. The molecule has 1 saturated heterocycles. The van der Waals surface area contributed by atoms with E-state index in [4.69, 9.17) is 14.2 Å². The quantitative estimate of drug-likeness (QED) is 0.274. The summed E-state index contributed by atoms with van der Waals surface area (Å²) in [6, 6.07) is 8.57. The number of pyridine rings is 1. The lowest BCUT2D eigenvalue weighted by Crippen LogP contribution is -2.37. The van der Waals surface area contributed by atoms with E-state index >= 15 is 0 Å². The fraction of sp³-hybridized carbons (Fsp3) is 0.423. The number of morpholine rings is 1. The number of nitrogens with zero attached hydrogens (tertiary/aromatic N) is 8. The number of hydrogen-bond donors (Lipinski definition) is 1. The van der Waals surface area contributed by atoms with Crippen molar-refractivity contribution < 1.29 is 23.0 Å². The van der Waals surface area contributed by atoms with E-state index in [9.17, 15) is 8.78 Å². The van der Waals surface area contributed by atoms with Crippen molar-refractivity contribution >= 4 is 28.6 Å². The molecule has 4 aromatic rings. The molecule has 14 heteroatoms. The van der Waals surface area contributed by atoms with E-state index in [0.29, 0.717) is 61.7 Å². The van der Waals surface area contributed by atoms with Crippen molar-refractivity contribution in [2.45, 2.75) is 12.8 Å². The molecule has 12 nitrogen and oxygen atoms in total. The fourth-order valence-electron chi connectivity index (χ4n) is 4.25. The van der Waals surface area contributed by atoms with Gasteiger partial charge in [-0.3, -0.25) is 4.57 Å². The molecule has 5 rings (SSSR count). The second kappa shape index (κ2) is 12.3. The standard InChI is InChI=1S/C26H31F2N9O3/c1-35(2)10-5-13-40-20-9-8-17(16-29-20)30-24-32-25(36-11-14-39-15-12-36)34-26(33-24)37-18-6-4-7-19(38-3)21(18)31-23(37)22(27)28/h4,6-9,16,22H,5,10-15H2,1-3H3,(H,30,32,33,34). The van der Waals surface area contributed by atoms with Crippen LogP contribution >= 0.6 is 0 Å². The van der Waals surface area contributed by atoms with Gasteiger partial charge < -0.3 is 29.3 Å². The second-order valence-corrected chi connectivity index (χ2v) is 9.31. The van der Waals surface area contributed by atoms with Crippen LogP contribution in [0.1, 0.15) is 18.7 Å². The first-order valence-electron chi connectivity index (χ1n) is 12.9. The van der Waals surface area contributed by atoms with Gasteiger partial charge in [0.2, 0.25) is 23.7 Å². The number of aromatic nitrogens is 6. The fourth-order valence-corrected chi connectivity index (χ4v) is 4.25. The molecule has 212 valence electrons. The lowest BCUT2D eigenvalue weighted by molar-refractivity contribution is 0.122. The van der Waals surface area contributed by atoms with E-state index in [1.807, 2.05) is 19.0 Å². The van der Waals surface area contributed by atoms with Gasteiger partial charge in [0.15, 0.2) is 5.82 Å². The Balaban J connectivity index is 1.49. The van der Waals surface area contributed by atoms with Crippen molar-refractivity contribution in [1.29, 1.82) is 0 Å². The first kappa shape index (κ1) is 27.4. The highest BCUT2D eigenvalue weighted by Gasteiger charge is 2.25. The highest BCUT2D eigenvalue weighted by molar-refractivity contribution is 5.84. The van der Waals surface area contributed by atoms with Crippen molar-refractivity contribution in [2.75, 3.05) is 70.9 Å². The highest BCUT2D eigenvalue weighted by Crippen LogP contribution is 2.32. The van der Waals surface area contributed by atoms with Crippen LogP contribution < -0.4 is 19.7 Å². The van der Waals surface area contributed by atoms with E-state index in [2.05, 4.69) is 35.1 Å². The van der Waals surface area contributed by atoms with Crippen molar-refractivity contribution in [3.05, 3.63) is 42.4 Å². The number of fused-ring (bicyclic) bond motifs is 1. The average Bonchev–Trinajstić information content (AvgIpc) is 3.37. The Morgan fingerprint density at radius 2 is 1.85 bits per heavy atom. The molecule has 0 atom stereocenters. The van der Waals surface area contributed by atoms with Crippen molar-refractivity contribution in [2.24, 2.45) is 0 Å². The highest BCUT2D eigenvalue weighted by atomic mass is 19.3. The first-order chi connectivity index (χ1) is 19.4. The number of imidazole rings is 1. The molecule has 0 radical (unpaired) electrons. The van der Waals surface area contributed by atoms with Gasteiger partial charge in [-0.15, -0.1) is 0 Å². The minimum absolute atomic E-state index is 0.00107. The predicted octanol–water partition coefficient (Wildman–Crippen LogP) is 3.46. The molecule has 0 amide bonds. The molecular formula is C26H31F2N9O3. The Morgan fingerprint density at radius 1 is 1.05 bits per heavy atom. The minimum atomic E-state index is -2.88. The van der Waals surface area contributed by atoms with E-state index in [1.165, 1.54) is 11.7 Å². The van der Waals surface area contributed by atoms with Gasteiger partial charge in [0, 0.05) is 25.7 Å². The zero-order chi connectivity index (χ0) is 28.1. The summed E-state index contributed by atoms with van der Waals surface area (Å²) >= 11 is 0. The molecule has 0 unspecified atom stereocenters. The molecule has 1 aliphatic heterocycles. The number of alkyl halides is 2. The number of halogens is 2. The van der Waals surface area contributed by atoms with Crippen LogP contribution in [0.25, 0.3) is 17.0 Å². The van der Waals surface area contributed by atoms with E-state index < -0.39 is 12.2 Å². The number of para-hydroxylation sites is 1. The number of methoxy groups -OCH3 is 1. The van der Waals surface area contributed by atoms with Crippen LogP contribution in [0.5, 0.6) is 11.6 Å². The Morgan fingerprint density at radius 3 is 2.55 bits per heavy atom. The Labute approximate surface area is 229 Å². The number of nitrogens with one attached hydrogen (secondary N) is 1. The molecule has 1 fully saturated rings. The number of rotatable bonds is 11. The molecular weight excluding hydrogens is 524 g/mol. The Hall–Kier alpha value is -4.17. The van der Waals surface area contributed by atoms with Gasteiger partial charge in [0.1, 0.15) is 11.3 Å². The molecule has 1 aliphatic rings. The van der Waals surface area contributed by atoms with Crippen molar-refractivity contribution in [3.63, 3.8) is 0 Å². The van der Waals surface area contributed by atoms with Crippen LogP contribution in [0.4, 0.5) is 26.4 Å². The molecule has 0 bridgehead atoms. The summed E-state index contributed by atoms with van der Waals surface area (Å²) in [4.78, 5) is 26.2. The summed E-state index contributed by atoms with van der Waals surface area (Å²) < 4.78 is 46.2. The summed E-state index contributed by atoms with van der Waals surface area (Å²) in [7, 11) is 5.48. The number of anilines is 3. The van der Waals surface area contributed by atoms with Crippen LogP contribution in [-0.2, 0) is 4.74 Å². The van der Waals surface area contributed by atoms with Gasteiger partial charge in [-0.25, -0.2) is 18.7 Å². The van der Waals surface area contributed by atoms with Gasteiger partial charge in [-0.2, -0.15) is 15.0 Å². The second-order valence-electron chi connectivity index (χ2n) is 9.31. The molecule has 1 N–H and O–H groups in total. The lowest BCUT2D eigenvalue weighted by Gasteiger charge is -2.27. The topological polar surface area (TPSA) is 116 Å². The summed E-state index contributed by atoms with van der Waals surface area (Å²) in [5, 5.41) is 3.12. The zero-order valence-corrected chi connectivity index (χ0v) is 22.5. The molecule has 0 aliphatic carbocycles. The van der Waals surface area contributed by atoms with Crippen LogP contribution in [0.3, 0.4) is 0 Å². The smallest absolute Gasteiger partial charge is 0.296 e. The zero-order valence-electron chi connectivity index (χ0n) is 22.5. The predicted molar refractivity (Wildman–Crippen MR) is 145 cm³/mol. The molecule has 1 aromatic carbocycles. The van der Waals surface area contributed by atoms with E-state index in [1.54, 1.807) is 36.5 Å². The maximum absolute atomic E-state index is 14.2. The summed E-state index contributed by atoms with van der Waals surface area (Å²) in [5.74, 6) is 0.859. The van der Waals surface area contributed by atoms with Crippen LogP contribution in [0.15, 0.2) is 36.5 Å². The number of ether oxygens (including phenoxy) is 3. The third kappa shape index (κ3) is 6.18. The average molecular weight is 556 g/mol. The van der Waals surface area contributed by atoms with Crippen molar-refractivity contribution in [3.8, 4) is 17.6 Å². The number of benzene rings is 1. The lowest BCUT2D eigenvalue weighted by atomic mass is 10.3. The maximum Gasteiger partial charge on any atom is 0.296 e. The third-order valence-electron chi connectivity index (χ3n) is 6.19. The normalized spacial score (nSPS) is 13.8. The summed E-state index contributed by atoms with van der Waals surface area (Å²) in [6.07, 6.45) is -0.407. The van der Waals surface area contributed by atoms with E-state index in [-0.39, 0.29) is 17.4 Å². The summed E-state index contributed by atoms with van der Waals surface area (Å²) in [6.45, 7) is 3.55. The van der Waals surface area contributed by atoms with Crippen molar-refractivity contribution in [1.82, 2.24) is 34.4 Å². The maximum atomic E-state index is 14.2. The molecule has 0 spiro atoms. The van der Waals surface area contributed by atoms with Gasteiger partial charge in [-0.05, 0) is 38.7 Å². The number of hydrogen-bond acceptors (Lipinski definition) is 11. The SMILES string of the molecule is COc1cccc2c1nc(C(F)F)n2-c1nc(Nc2ccc(OCCCN(C)C)nc2)nc(N2CCOCC2)n1. The Bertz CT molecular complexity index is 1430. The Kier molecular flexibility index (Phi) is 8.45. The van der Waals surface area contributed by atoms with Gasteiger partial charge >= 0.3 is 0 Å². The van der Waals surface area contributed by atoms with Crippen LogP contribution in [0.2, 0.25) is 0 Å². The van der Waals surface area contributed by atoms with Gasteiger partial charge in [-0.1, -0.05) is 6.07 Å². The van der Waals surface area contributed by atoms with E-state index in [0.717, 1.165) is 13.0 Å². The minimum Gasteiger partial charge on any atom is -0.494 e. The van der Waals surface area contributed by atoms with Crippen LogP contribution in [-0.4, -0.2) is 95.0 Å². The van der Waals surface area contributed by atoms with Crippen LogP contribution in [0, 0.1) is 0 Å². The first-order valence-corrected chi connectivity index (χ1v) is 12.9. The largest absolute Gasteiger partial charge is 0.494 e.